The standard InChI is InChI=1S/C10H17NO2/c1-3-8-7-11-5-4-9(8)6-10(12)13-2/h3,8-9,11H,1,4-7H2,2H3/t8-,9+/m1/s1. The van der Waals surface area contributed by atoms with Gasteiger partial charge >= 0.3 is 5.97 Å². The van der Waals surface area contributed by atoms with Crippen LogP contribution in [0.25, 0.3) is 0 Å². The van der Waals surface area contributed by atoms with Crippen molar-refractivity contribution < 1.29 is 9.53 Å². The van der Waals surface area contributed by atoms with Gasteiger partial charge in [0.15, 0.2) is 0 Å². The Hall–Kier alpha value is -0.830. The molecular weight excluding hydrogens is 166 g/mol. The molecule has 1 aliphatic heterocycles. The maximum Gasteiger partial charge on any atom is 0.305 e. The maximum atomic E-state index is 11.1. The van der Waals surface area contributed by atoms with Crippen LogP contribution >= 0.6 is 0 Å². The van der Waals surface area contributed by atoms with Gasteiger partial charge in [-0.05, 0) is 24.8 Å². The molecule has 1 fully saturated rings. The lowest BCUT2D eigenvalue weighted by Gasteiger charge is -2.29. The summed E-state index contributed by atoms with van der Waals surface area (Å²) in [6.45, 7) is 5.70. The highest BCUT2D eigenvalue weighted by Gasteiger charge is 2.24. The largest absolute Gasteiger partial charge is 0.469 e. The number of rotatable bonds is 3. The van der Waals surface area contributed by atoms with Crippen LogP contribution in [0.4, 0.5) is 0 Å². The van der Waals surface area contributed by atoms with Crippen LogP contribution in [0.15, 0.2) is 12.7 Å². The Labute approximate surface area is 79.2 Å². The molecule has 3 heteroatoms. The minimum absolute atomic E-state index is 0.112. The molecule has 13 heavy (non-hydrogen) atoms. The summed E-state index contributed by atoms with van der Waals surface area (Å²) in [5.74, 6) is 0.706. The molecule has 0 saturated carbocycles. The van der Waals surface area contributed by atoms with Crippen molar-refractivity contribution in [1.82, 2.24) is 5.32 Å². The molecule has 1 aliphatic rings. The smallest absolute Gasteiger partial charge is 0.305 e. The fraction of sp³-hybridized carbons (Fsp3) is 0.700. The van der Waals surface area contributed by atoms with Crippen LogP contribution in [0.2, 0.25) is 0 Å². The fourth-order valence-corrected chi connectivity index (χ4v) is 1.76. The molecule has 0 aromatic carbocycles. The molecule has 74 valence electrons. The Bertz CT molecular complexity index is 191. The molecule has 1 saturated heterocycles. The van der Waals surface area contributed by atoms with E-state index in [0.29, 0.717) is 18.3 Å². The molecular formula is C10H17NO2. The molecule has 0 aromatic rings. The van der Waals surface area contributed by atoms with Gasteiger partial charge in [-0.25, -0.2) is 0 Å². The zero-order valence-corrected chi connectivity index (χ0v) is 8.08. The molecule has 1 heterocycles. The molecule has 1 N–H and O–H groups in total. The highest BCUT2D eigenvalue weighted by Crippen LogP contribution is 2.23. The molecule has 0 bridgehead atoms. The minimum Gasteiger partial charge on any atom is -0.469 e. The highest BCUT2D eigenvalue weighted by atomic mass is 16.5. The van der Waals surface area contributed by atoms with Crippen molar-refractivity contribution in [1.29, 1.82) is 0 Å². The van der Waals surface area contributed by atoms with Crippen LogP contribution < -0.4 is 5.32 Å². The van der Waals surface area contributed by atoms with E-state index in [2.05, 4.69) is 16.6 Å². The highest BCUT2D eigenvalue weighted by molar-refractivity contribution is 5.69. The zero-order chi connectivity index (χ0) is 9.68. The monoisotopic (exact) mass is 183 g/mol. The van der Waals surface area contributed by atoms with Gasteiger partial charge in [0, 0.05) is 13.0 Å². The summed E-state index contributed by atoms with van der Waals surface area (Å²) in [6.07, 6.45) is 3.49. The Kier molecular flexibility index (Phi) is 3.96. The van der Waals surface area contributed by atoms with Gasteiger partial charge in [0.25, 0.3) is 0 Å². The van der Waals surface area contributed by atoms with Gasteiger partial charge in [-0.3, -0.25) is 4.79 Å². The first-order chi connectivity index (χ1) is 6.27. The number of methoxy groups -OCH3 is 1. The average Bonchev–Trinajstić information content (AvgIpc) is 2.18. The molecule has 0 unspecified atom stereocenters. The number of nitrogens with one attached hydrogen (secondary N) is 1. The summed E-state index contributed by atoms with van der Waals surface area (Å²) in [5, 5.41) is 3.28. The third kappa shape index (κ3) is 2.84. The van der Waals surface area contributed by atoms with E-state index in [1.54, 1.807) is 0 Å². The predicted molar refractivity (Wildman–Crippen MR) is 51.3 cm³/mol. The fourth-order valence-electron chi connectivity index (χ4n) is 1.76. The maximum absolute atomic E-state index is 11.1. The second-order valence-corrected chi connectivity index (χ2v) is 3.43. The van der Waals surface area contributed by atoms with Crippen LogP contribution in [0.1, 0.15) is 12.8 Å². The SMILES string of the molecule is C=C[C@@H]1CNCC[C@H]1CC(=O)OC. The van der Waals surface area contributed by atoms with Crippen LogP contribution in [0.3, 0.4) is 0 Å². The molecule has 1 rings (SSSR count). The zero-order valence-electron chi connectivity index (χ0n) is 8.08. The Balaban J connectivity index is 2.44. The first-order valence-corrected chi connectivity index (χ1v) is 4.68. The minimum atomic E-state index is -0.112. The van der Waals surface area contributed by atoms with Crippen molar-refractivity contribution >= 4 is 5.97 Å². The Morgan fingerprint density at radius 1 is 1.77 bits per heavy atom. The number of carbonyl (C=O) groups excluding carboxylic acids is 1. The number of carbonyl (C=O) groups is 1. The van der Waals surface area contributed by atoms with E-state index < -0.39 is 0 Å². The van der Waals surface area contributed by atoms with Crippen molar-refractivity contribution in [3.63, 3.8) is 0 Å². The van der Waals surface area contributed by atoms with Crippen LogP contribution in [0, 0.1) is 11.8 Å². The van der Waals surface area contributed by atoms with Gasteiger partial charge in [0.05, 0.1) is 7.11 Å². The van der Waals surface area contributed by atoms with Gasteiger partial charge in [0.1, 0.15) is 0 Å². The van der Waals surface area contributed by atoms with E-state index in [9.17, 15) is 4.79 Å². The summed E-state index contributed by atoms with van der Waals surface area (Å²) in [6, 6.07) is 0. The van der Waals surface area contributed by atoms with Crippen LogP contribution in [0.5, 0.6) is 0 Å². The molecule has 0 aromatic heterocycles. The Morgan fingerprint density at radius 3 is 3.15 bits per heavy atom. The third-order valence-corrected chi connectivity index (χ3v) is 2.64. The number of hydrogen-bond donors (Lipinski definition) is 1. The van der Waals surface area contributed by atoms with Crippen molar-refractivity contribution in [2.45, 2.75) is 12.8 Å². The number of piperidine rings is 1. The second kappa shape index (κ2) is 5.02. The number of ether oxygens (including phenoxy) is 1. The van der Waals surface area contributed by atoms with Crippen molar-refractivity contribution in [2.24, 2.45) is 11.8 Å². The van der Waals surface area contributed by atoms with Crippen molar-refractivity contribution in [3.8, 4) is 0 Å². The van der Waals surface area contributed by atoms with E-state index in [0.717, 1.165) is 19.5 Å². The molecule has 0 radical (unpaired) electrons. The van der Waals surface area contributed by atoms with Crippen LogP contribution in [-0.2, 0) is 9.53 Å². The summed E-state index contributed by atoms with van der Waals surface area (Å²) in [4.78, 5) is 11.1. The number of hydrogen-bond acceptors (Lipinski definition) is 3. The molecule has 0 aliphatic carbocycles. The third-order valence-electron chi connectivity index (χ3n) is 2.64. The van der Waals surface area contributed by atoms with E-state index in [-0.39, 0.29) is 5.97 Å². The molecule has 0 spiro atoms. The summed E-state index contributed by atoms with van der Waals surface area (Å²) in [7, 11) is 1.44. The molecule has 0 amide bonds. The second-order valence-electron chi connectivity index (χ2n) is 3.43. The van der Waals surface area contributed by atoms with Gasteiger partial charge in [-0.1, -0.05) is 6.08 Å². The normalized spacial score (nSPS) is 28.1. The van der Waals surface area contributed by atoms with Crippen molar-refractivity contribution in [2.75, 3.05) is 20.2 Å². The first kappa shape index (κ1) is 10.3. The van der Waals surface area contributed by atoms with E-state index in [1.165, 1.54) is 7.11 Å². The van der Waals surface area contributed by atoms with E-state index >= 15 is 0 Å². The van der Waals surface area contributed by atoms with Gasteiger partial charge < -0.3 is 10.1 Å². The summed E-state index contributed by atoms with van der Waals surface area (Å²) in [5.41, 5.74) is 0. The summed E-state index contributed by atoms with van der Waals surface area (Å²) >= 11 is 0. The lowest BCUT2D eigenvalue weighted by molar-refractivity contribution is -0.142. The van der Waals surface area contributed by atoms with E-state index in [4.69, 9.17) is 0 Å². The lowest BCUT2D eigenvalue weighted by Crippen LogP contribution is -2.36. The quantitative estimate of drug-likeness (QED) is 0.523. The first-order valence-electron chi connectivity index (χ1n) is 4.68. The number of esters is 1. The van der Waals surface area contributed by atoms with Gasteiger partial charge in [0.2, 0.25) is 0 Å². The predicted octanol–water partition coefficient (Wildman–Crippen LogP) is 0.961. The van der Waals surface area contributed by atoms with E-state index in [1.807, 2.05) is 6.08 Å². The topological polar surface area (TPSA) is 38.3 Å². The average molecular weight is 183 g/mol. The van der Waals surface area contributed by atoms with Crippen molar-refractivity contribution in [3.05, 3.63) is 12.7 Å². The lowest BCUT2D eigenvalue weighted by atomic mass is 9.84. The Morgan fingerprint density at radius 2 is 2.54 bits per heavy atom. The molecule has 3 nitrogen and oxygen atoms in total. The summed E-state index contributed by atoms with van der Waals surface area (Å²) < 4.78 is 4.65. The van der Waals surface area contributed by atoms with Crippen LogP contribution in [-0.4, -0.2) is 26.2 Å². The van der Waals surface area contributed by atoms with Gasteiger partial charge in [-0.15, -0.1) is 6.58 Å². The molecule has 2 atom stereocenters. The van der Waals surface area contributed by atoms with Gasteiger partial charge in [-0.2, -0.15) is 0 Å².